The SMILES string of the molecule is OC(CNCc1ccncn1)c1cccc(C(F)(F)F)c1. The van der Waals surface area contributed by atoms with Crippen LogP contribution in [-0.2, 0) is 12.7 Å². The molecule has 0 aliphatic carbocycles. The molecule has 0 saturated heterocycles. The van der Waals surface area contributed by atoms with Crippen LogP contribution in [0.2, 0.25) is 0 Å². The normalized spacial score (nSPS) is 13.1. The molecule has 1 unspecified atom stereocenters. The van der Waals surface area contributed by atoms with Crippen LogP contribution in [0.3, 0.4) is 0 Å². The van der Waals surface area contributed by atoms with Crippen molar-refractivity contribution in [1.82, 2.24) is 15.3 Å². The van der Waals surface area contributed by atoms with Gasteiger partial charge in [-0.25, -0.2) is 9.97 Å². The van der Waals surface area contributed by atoms with E-state index in [0.29, 0.717) is 6.54 Å². The quantitative estimate of drug-likeness (QED) is 0.889. The molecule has 1 heterocycles. The van der Waals surface area contributed by atoms with Crippen LogP contribution in [0.4, 0.5) is 13.2 Å². The van der Waals surface area contributed by atoms with Gasteiger partial charge in [0, 0.05) is 19.3 Å². The lowest BCUT2D eigenvalue weighted by atomic mass is 10.1. The van der Waals surface area contributed by atoms with Gasteiger partial charge in [0.25, 0.3) is 0 Å². The maximum atomic E-state index is 12.6. The zero-order valence-corrected chi connectivity index (χ0v) is 11.0. The predicted octanol–water partition coefficient (Wildman–Crippen LogP) is 2.32. The summed E-state index contributed by atoms with van der Waals surface area (Å²) >= 11 is 0. The Labute approximate surface area is 119 Å². The van der Waals surface area contributed by atoms with Crippen molar-refractivity contribution in [2.45, 2.75) is 18.8 Å². The molecule has 0 fully saturated rings. The Morgan fingerprint density at radius 2 is 2.05 bits per heavy atom. The topological polar surface area (TPSA) is 58.0 Å². The van der Waals surface area contributed by atoms with Gasteiger partial charge in [0.2, 0.25) is 0 Å². The molecule has 1 atom stereocenters. The zero-order valence-electron chi connectivity index (χ0n) is 11.0. The highest BCUT2D eigenvalue weighted by molar-refractivity contribution is 5.27. The molecule has 2 N–H and O–H groups in total. The molecule has 2 aromatic rings. The second-order valence-electron chi connectivity index (χ2n) is 4.47. The van der Waals surface area contributed by atoms with Gasteiger partial charge in [-0.3, -0.25) is 0 Å². The molecule has 112 valence electrons. The smallest absolute Gasteiger partial charge is 0.387 e. The molecule has 1 aromatic heterocycles. The summed E-state index contributed by atoms with van der Waals surface area (Å²) in [6, 6.07) is 6.39. The van der Waals surface area contributed by atoms with Crippen LogP contribution in [0, 0.1) is 0 Å². The number of aliphatic hydroxyl groups excluding tert-OH is 1. The minimum absolute atomic E-state index is 0.130. The minimum Gasteiger partial charge on any atom is -0.387 e. The van der Waals surface area contributed by atoms with Crippen molar-refractivity contribution < 1.29 is 18.3 Å². The van der Waals surface area contributed by atoms with Crippen LogP contribution in [0.15, 0.2) is 42.9 Å². The molecule has 0 aliphatic heterocycles. The summed E-state index contributed by atoms with van der Waals surface area (Å²) in [4.78, 5) is 7.76. The van der Waals surface area contributed by atoms with E-state index in [1.165, 1.54) is 18.5 Å². The Bertz CT molecular complexity index is 575. The number of aliphatic hydroxyl groups is 1. The summed E-state index contributed by atoms with van der Waals surface area (Å²) in [5.41, 5.74) is 0.191. The first kappa shape index (κ1) is 15.4. The van der Waals surface area contributed by atoms with E-state index < -0.39 is 17.8 Å². The summed E-state index contributed by atoms with van der Waals surface area (Å²) in [6.07, 6.45) is -2.44. The number of alkyl halides is 3. The number of aromatic nitrogens is 2. The Kier molecular flexibility index (Phi) is 4.87. The fourth-order valence-corrected chi connectivity index (χ4v) is 1.80. The minimum atomic E-state index is -4.41. The van der Waals surface area contributed by atoms with Gasteiger partial charge in [-0.1, -0.05) is 12.1 Å². The largest absolute Gasteiger partial charge is 0.416 e. The molecule has 0 radical (unpaired) electrons. The van der Waals surface area contributed by atoms with Crippen molar-refractivity contribution in [3.8, 4) is 0 Å². The van der Waals surface area contributed by atoms with Crippen molar-refractivity contribution in [3.63, 3.8) is 0 Å². The molecule has 2 rings (SSSR count). The van der Waals surface area contributed by atoms with Crippen LogP contribution in [0.1, 0.15) is 22.9 Å². The number of nitrogens with zero attached hydrogens (tertiary/aromatic N) is 2. The second-order valence-corrected chi connectivity index (χ2v) is 4.47. The highest BCUT2D eigenvalue weighted by Gasteiger charge is 2.30. The Morgan fingerprint density at radius 3 is 2.71 bits per heavy atom. The molecular weight excluding hydrogens is 283 g/mol. The Balaban J connectivity index is 1.93. The fourth-order valence-electron chi connectivity index (χ4n) is 1.80. The highest BCUT2D eigenvalue weighted by atomic mass is 19.4. The maximum absolute atomic E-state index is 12.6. The van der Waals surface area contributed by atoms with Gasteiger partial charge < -0.3 is 10.4 Å². The number of hydrogen-bond donors (Lipinski definition) is 2. The van der Waals surface area contributed by atoms with Crippen molar-refractivity contribution >= 4 is 0 Å². The van der Waals surface area contributed by atoms with Crippen LogP contribution in [-0.4, -0.2) is 21.6 Å². The van der Waals surface area contributed by atoms with Gasteiger partial charge in [-0.05, 0) is 23.8 Å². The molecular formula is C14H14F3N3O. The van der Waals surface area contributed by atoms with Crippen LogP contribution in [0.25, 0.3) is 0 Å². The van der Waals surface area contributed by atoms with Gasteiger partial charge >= 0.3 is 6.18 Å². The van der Waals surface area contributed by atoms with Crippen molar-refractivity contribution in [2.24, 2.45) is 0 Å². The first-order chi connectivity index (χ1) is 9.97. The standard InChI is InChI=1S/C14H14F3N3O/c15-14(16,17)11-3-1-2-10(6-11)13(21)8-19-7-12-4-5-18-9-20-12/h1-6,9,13,19,21H,7-8H2. The summed E-state index contributed by atoms with van der Waals surface area (Å²) in [5.74, 6) is 0. The number of rotatable bonds is 5. The van der Waals surface area contributed by atoms with Crippen LogP contribution < -0.4 is 5.32 Å². The maximum Gasteiger partial charge on any atom is 0.416 e. The van der Waals surface area contributed by atoms with Gasteiger partial charge in [0.05, 0.1) is 17.4 Å². The molecule has 4 nitrogen and oxygen atoms in total. The molecule has 0 bridgehead atoms. The van der Waals surface area contributed by atoms with E-state index >= 15 is 0 Å². The van der Waals surface area contributed by atoms with Gasteiger partial charge in [-0.15, -0.1) is 0 Å². The van der Waals surface area contributed by atoms with E-state index in [2.05, 4.69) is 15.3 Å². The van der Waals surface area contributed by atoms with E-state index in [1.54, 1.807) is 12.3 Å². The first-order valence-electron chi connectivity index (χ1n) is 6.27. The van der Waals surface area contributed by atoms with Crippen molar-refractivity contribution in [2.75, 3.05) is 6.54 Å². The third-order valence-electron chi connectivity index (χ3n) is 2.89. The predicted molar refractivity (Wildman–Crippen MR) is 70.1 cm³/mol. The Morgan fingerprint density at radius 1 is 1.24 bits per heavy atom. The van der Waals surface area contributed by atoms with Gasteiger partial charge in [0.15, 0.2) is 0 Å². The van der Waals surface area contributed by atoms with E-state index in [1.807, 2.05) is 0 Å². The third-order valence-corrected chi connectivity index (χ3v) is 2.89. The van der Waals surface area contributed by atoms with Crippen molar-refractivity contribution in [1.29, 1.82) is 0 Å². The third kappa shape index (κ3) is 4.51. The number of benzene rings is 1. The van der Waals surface area contributed by atoms with Gasteiger partial charge in [0.1, 0.15) is 6.33 Å². The zero-order chi connectivity index (χ0) is 15.3. The second kappa shape index (κ2) is 6.64. The molecule has 0 spiro atoms. The molecule has 0 aliphatic rings. The summed E-state index contributed by atoms with van der Waals surface area (Å²) in [6.45, 7) is 0.532. The number of nitrogens with one attached hydrogen (secondary N) is 1. The van der Waals surface area contributed by atoms with E-state index in [-0.39, 0.29) is 12.1 Å². The fraction of sp³-hybridized carbons (Fsp3) is 0.286. The lowest BCUT2D eigenvalue weighted by molar-refractivity contribution is -0.137. The molecule has 0 saturated carbocycles. The van der Waals surface area contributed by atoms with E-state index in [9.17, 15) is 18.3 Å². The summed E-state index contributed by atoms with van der Waals surface area (Å²) in [7, 11) is 0. The highest BCUT2D eigenvalue weighted by Crippen LogP contribution is 2.30. The summed E-state index contributed by atoms with van der Waals surface area (Å²) in [5, 5.41) is 12.9. The molecule has 7 heteroatoms. The molecule has 0 amide bonds. The van der Waals surface area contributed by atoms with E-state index in [4.69, 9.17) is 0 Å². The lowest BCUT2D eigenvalue weighted by Gasteiger charge is -2.14. The van der Waals surface area contributed by atoms with Crippen molar-refractivity contribution in [3.05, 3.63) is 59.7 Å². The number of halogens is 3. The van der Waals surface area contributed by atoms with Crippen LogP contribution in [0.5, 0.6) is 0 Å². The lowest BCUT2D eigenvalue weighted by Crippen LogP contribution is -2.22. The average Bonchev–Trinajstić information content (AvgIpc) is 2.47. The molecule has 1 aromatic carbocycles. The first-order valence-corrected chi connectivity index (χ1v) is 6.27. The Hall–Kier alpha value is -1.99. The molecule has 21 heavy (non-hydrogen) atoms. The average molecular weight is 297 g/mol. The summed E-state index contributed by atoms with van der Waals surface area (Å²) < 4.78 is 37.8. The van der Waals surface area contributed by atoms with Crippen LogP contribution >= 0.6 is 0 Å². The van der Waals surface area contributed by atoms with Gasteiger partial charge in [-0.2, -0.15) is 13.2 Å². The monoisotopic (exact) mass is 297 g/mol. The van der Waals surface area contributed by atoms with E-state index in [0.717, 1.165) is 17.8 Å². The number of hydrogen-bond acceptors (Lipinski definition) is 4.